The number of unbranched alkanes of at least 4 members (excludes halogenated alkanes) is 1. The second kappa shape index (κ2) is 10.3. The van der Waals surface area contributed by atoms with Gasteiger partial charge in [0.25, 0.3) is 0 Å². The van der Waals surface area contributed by atoms with Gasteiger partial charge in [0.2, 0.25) is 5.91 Å². The topological polar surface area (TPSA) is 66.4 Å². The lowest BCUT2D eigenvalue weighted by atomic mass is 9.98. The first-order valence-corrected chi connectivity index (χ1v) is 8.99. The summed E-state index contributed by atoms with van der Waals surface area (Å²) in [7, 11) is 0. The van der Waals surface area contributed by atoms with E-state index in [2.05, 4.69) is 12.2 Å². The molecule has 0 spiro atoms. The summed E-state index contributed by atoms with van der Waals surface area (Å²) in [6.45, 7) is 4.85. The van der Waals surface area contributed by atoms with Crippen molar-refractivity contribution in [3.05, 3.63) is 30.3 Å². The van der Waals surface area contributed by atoms with Crippen LogP contribution < -0.4 is 5.32 Å². The first-order valence-electron chi connectivity index (χ1n) is 8.18. The van der Waals surface area contributed by atoms with Crippen LogP contribution in [0.3, 0.4) is 0 Å². The average Bonchev–Trinajstić information content (AvgIpc) is 2.52. The van der Waals surface area contributed by atoms with Crippen LogP contribution in [0, 0.1) is 0 Å². The van der Waals surface area contributed by atoms with Crippen LogP contribution in [0.15, 0.2) is 35.2 Å². The maximum absolute atomic E-state index is 11.9. The Bertz CT molecular complexity index is 492. The number of nitrogens with one attached hydrogen (secondary N) is 1. The maximum Gasteiger partial charge on any atom is 0.303 e. The molecule has 5 heteroatoms. The molecule has 0 aliphatic heterocycles. The van der Waals surface area contributed by atoms with E-state index < -0.39 is 5.97 Å². The fourth-order valence-electron chi connectivity index (χ4n) is 2.24. The molecule has 1 aromatic carbocycles. The molecule has 1 aromatic rings. The molecule has 1 rings (SSSR count). The maximum atomic E-state index is 11.9. The SMILES string of the molecule is CCCCNC(=O)CCC(C)(CCC(=O)O)Sc1ccccc1. The van der Waals surface area contributed by atoms with Crippen molar-refractivity contribution in [2.45, 2.75) is 62.0 Å². The van der Waals surface area contributed by atoms with Gasteiger partial charge in [-0.3, -0.25) is 9.59 Å². The van der Waals surface area contributed by atoms with E-state index in [1.807, 2.05) is 37.3 Å². The summed E-state index contributed by atoms with van der Waals surface area (Å²) < 4.78 is -0.262. The van der Waals surface area contributed by atoms with Crippen LogP contribution in [0.25, 0.3) is 0 Å². The lowest BCUT2D eigenvalue weighted by Gasteiger charge is -2.28. The highest BCUT2D eigenvalue weighted by molar-refractivity contribution is 8.00. The molecule has 0 heterocycles. The predicted octanol–water partition coefficient (Wildman–Crippen LogP) is 4.10. The predicted molar refractivity (Wildman–Crippen MR) is 94.7 cm³/mol. The third-order valence-electron chi connectivity index (χ3n) is 3.71. The minimum Gasteiger partial charge on any atom is -0.481 e. The number of aliphatic carboxylic acids is 1. The zero-order valence-electron chi connectivity index (χ0n) is 14.0. The Morgan fingerprint density at radius 1 is 1.17 bits per heavy atom. The lowest BCUT2D eigenvalue weighted by Crippen LogP contribution is -2.28. The monoisotopic (exact) mass is 337 g/mol. The second-order valence-corrected chi connectivity index (χ2v) is 7.62. The zero-order chi connectivity index (χ0) is 17.1. The van der Waals surface area contributed by atoms with Crippen molar-refractivity contribution < 1.29 is 14.7 Å². The molecule has 0 bridgehead atoms. The largest absolute Gasteiger partial charge is 0.481 e. The second-order valence-electron chi connectivity index (χ2n) is 5.96. The quantitative estimate of drug-likeness (QED) is 0.471. The number of benzene rings is 1. The van der Waals surface area contributed by atoms with Crippen LogP contribution in [-0.4, -0.2) is 28.3 Å². The molecule has 1 atom stereocenters. The van der Waals surface area contributed by atoms with Gasteiger partial charge >= 0.3 is 5.97 Å². The molecular formula is C18H27NO3S. The zero-order valence-corrected chi connectivity index (χ0v) is 14.8. The molecule has 0 aliphatic carbocycles. The van der Waals surface area contributed by atoms with Gasteiger partial charge in [-0.25, -0.2) is 0 Å². The standard InChI is InChI=1S/C18H27NO3S/c1-3-4-14-19-16(20)10-12-18(2,13-11-17(21)22)23-15-8-6-5-7-9-15/h5-9H,3-4,10-14H2,1-2H3,(H,19,20)(H,21,22). The van der Waals surface area contributed by atoms with Gasteiger partial charge < -0.3 is 10.4 Å². The van der Waals surface area contributed by atoms with Gasteiger partial charge in [0.05, 0.1) is 0 Å². The van der Waals surface area contributed by atoms with Crippen molar-refractivity contribution in [1.29, 1.82) is 0 Å². The van der Waals surface area contributed by atoms with Crippen molar-refractivity contribution in [3.63, 3.8) is 0 Å². The van der Waals surface area contributed by atoms with Gasteiger partial charge in [-0.1, -0.05) is 38.5 Å². The number of carboxylic acids is 1. The highest BCUT2D eigenvalue weighted by atomic mass is 32.2. The number of hydrogen-bond donors (Lipinski definition) is 2. The van der Waals surface area contributed by atoms with Gasteiger partial charge in [-0.15, -0.1) is 11.8 Å². The van der Waals surface area contributed by atoms with Crippen LogP contribution in [-0.2, 0) is 9.59 Å². The van der Waals surface area contributed by atoms with Gasteiger partial charge in [-0.2, -0.15) is 0 Å². The van der Waals surface area contributed by atoms with Crippen LogP contribution in [0.1, 0.15) is 52.4 Å². The van der Waals surface area contributed by atoms with E-state index in [9.17, 15) is 9.59 Å². The van der Waals surface area contributed by atoms with Crippen molar-refractivity contribution in [1.82, 2.24) is 5.32 Å². The van der Waals surface area contributed by atoms with E-state index in [0.717, 1.165) is 17.7 Å². The molecule has 0 radical (unpaired) electrons. The molecule has 0 fully saturated rings. The number of thioether (sulfide) groups is 1. The average molecular weight is 337 g/mol. The molecule has 128 valence electrons. The lowest BCUT2D eigenvalue weighted by molar-refractivity contribution is -0.137. The van der Waals surface area contributed by atoms with Crippen LogP contribution >= 0.6 is 11.8 Å². The molecular weight excluding hydrogens is 310 g/mol. The third-order valence-corrected chi connectivity index (χ3v) is 5.12. The molecule has 4 nitrogen and oxygen atoms in total. The van der Waals surface area contributed by atoms with Crippen molar-refractivity contribution >= 4 is 23.6 Å². The molecule has 0 saturated carbocycles. The number of carbonyl (C=O) groups excluding carboxylic acids is 1. The fourth-order valence-corrected chi connectivity index (χ4v) is 3.51. The van der Waals surface area contributed by atoms with Crippen molar-refractivity contribution in [2.24, 2.45) is 0 Å². The minimum atomic E-state index is -0.794. The third kappa shape index (κ3) is 8.65. The van der Waals surface area contributed by atoms with E-state index >= 15 is 0 Å². The number of carboxylic acid groups (broad SMARTS) is 1. The molecule has 23 heavy (non-hydrogen) atoms. The van der Waals surface area contributed by atoms with E-state index in [0.29, 0.717) is 25.8 Å². The summed E-state index contributed by atoms with van der Waals surface area (Å²) in [6.07, 6.45) is 3.80. The first kappa shape index (κ1) is 19.6. The van der Waals surface area contributed by atoms with Gasteiger partial charge in [0.15, 0.2) is 0 Å². The fraction of sp³-hybridized carbons (Fsp3) is 0.556. The molecule has 0 saturated heterocycles. The Balaban J connectivity index is 2.60. The molecule has 2 N–H and O–H groups in total. The normalized spacial score (nSPS) is 13.3. The van der Waals surface area contributed by atoms with Crippen LogP contribution in [0.2, 0.25) is 0 Å². The number of carbonyl (C=O) groups is 2. The smallest absolute Gasteiger partial charge is 0.303 e. The highest BCUT2D eigenvalue weighted by Gasteiger charge is 2.27. The van der Waals surface area contributed by atoms with Gasteiger partial charge in [0, 0.05) is 29.0 Å². The van der Waals surface area contributed by atoms with Crippen LogP contribution in [0.5, 0.6) is 0 Å². The van der Waals surface area contributed by atoms with Crippen molar-refractivity contribution in [3.8, 4) is 0 Å². The number of rotatable bonds is 11. The van der Waals surface area contributed by atoms with E-state index in [4.69, 9.17) is 5.11 Å². The summed E-state index contributed by atoms with van der Waals surface area (Å²) in [5.74, 6) is -0.744. The Morgan fingerprint density at radius 2 is 1.83 bits per heavy atom. The highest BCUT2D eigenvalue weighted by Crippen LogP contribution is 2.39. The number of hydrogen-bond acceptors (Lipinski definition) is 3. The van der Waals surface area contributed by atoms with Crippen molar-refractivity contribution in [2.75, 3.05) is 6.54 Å². The summed E-state index contributed by atoms with van der Waals surface area (Å²) >= 11 is 1.66. The Kier molecular flexibility index (Phi) is 8.77. The molecule has 1 unspecified atom stereocenters. The Hall–Kier alpha value is -1.49. The first-order chi connectivity index (χ1) is 10.9. The summed E-state index contributed by atoms with van der Waals surface area (Å²) in [6, 6.07) is 9.94. The van der Waals surface area contributed by atoms with E-state index in [1.54, 1.807) is 11.8 Å². The van der Waals surface area contributed by atoms with Gasteiger partial charge in [-0.05, 0) is 31.4 Å². The Morgan fingerprint density at radius 3 is 2.43 bits per heavy atom. The Labute approximate surface area is 143 Å². The molecule has 1 amide bonds. The van der Waals surface area contributed by atoms with Gasteiger partial charge in [0.1, 0.15) is 0 Å². The molecule has 0 aromatic heterocycles. The van der Waals surface area contributed by atoms with E-state index in [-0.39, 0.29) is 17.1 Å². The minimum absolute atomic E-state index is 0.0497. The summed E-state index contributed by atoms with van der Waals surface area (Å²) in [5.41, 5.74) is 0. The molecule has 0 aliphatic rings. The summed E-state index contributed by atoms with van der Waals surface area (Å²) in [4.78, 5) is 23.9. The van der Waals surface area contributed by atoms with E-state index in [1.165, 1.54) is 0 Å². The van der Waals surface area contributed by atoms with Crippen LogP contribution in [0.4, 0.5) is 0 Å². The number of amides is 1. The summed E-state index contributed by atoms with van der Waals surface area (Å²) in [5, 5.41) is 11.9.